The zero-order valence-corrected chi connectivity index (χ0v) is 10.8. The summed E-state index contributed by atoms with van der Waals surface area (Å²) in [6.45, 7) is 2.23. The summed E-state index contributed by atoms with van der Waals surface area (Å²) < 4.78 is 43.2. The van der Waals surface area contributed by atoms with E-state index >= 15 is 0 Å². The summed E-state index contributed by atoms with van der Waals surface area (Å²) in [7, 11) is 0. The van der Waals surface area contributed by atoms with Gasteiger partial charge in [-0.15, -0.1) is 0 Å². The molecule has 1 aliphatic heterocycles. The molecule has 3 nitrogen and oxygen atoms in total. The van der Waals surface area contributed by atoms with Gasteiger partial charge in [-0.25, -0.2) is 0 Å². The SMILES string of the molecule is N#Cc1cc(C(F)(F)F)ccc1OCC1CCCNC1. The molecule has 0 radical (unpaired) electrons. The first-order valence-electron chi connectivity index (χ1n) is 6.45. The number of alkyl halides is 3. The number of nitriles is 1. The average molecular weight is 284 g/mol. The molecule has 108 valence electrons. The molecule has 1 atom stereocenters. The third-order valence-electron chi connectivity index (χ3n) is 3.30. The van der Waals surface area contributed by atoms with Crippen LogP contribution < -0.4 is 10.1 Å². The standard InChI is InChI=1S/C14H15F3N2O/c15-14(16,17)12-3-4-13(11(6-12)7-18)20-9-10-2-1-5-19-8-10/h3-4,6,10,19H,1-2,5,8-9H2. The number of hydrogen-bond acceptors (Lipinski definition) is 3. The highest BCUT2D eigenvalue weighted by Crippen LogP contribution is 2.32. The van der Waals surface area contributed by atoms with Crippen molar-refractivity contribution in [3.05, 3.63) is 29.3 Å². The van der Waals surface area contributed by atoms with E-state index in [1.54, 1.807) is 6.07 Å². The molecule has 6 heteroatoms. The van der Waals surface area contributed by atoms with E-state index in [-0.39, 0.29) is 11.3 Å². The summed E-state index contributed by atoms with van der Waals surface area (Å²) >= 11 is 0. The van der Waals surface area contributed by atoms with Crippen LogP contribution in [-0.2, 0) is 6.18 Å². The van der Waals surface area contributed by atoms with Gasteiger partial charge in [0.15, 0.2) is 0 Å². The third kappa shape index (κ3) is 3.64. The summed E-state index contributed by atoms with van der Waals surface area (Å²) in [5.74, 6) is 0.545. The lowest BCUT2D eigenvalue weighted by molar-refractivity contribution is -0.137. The van der Waals surface area contributed by atoms with Crippen molar-refractivity contribution < 1.29 is 17.9 Å². The maximum absolute atomic E-state index is 12.6. The molecule has 1 heterocycles. The molecule has 0 aromatic heterocycles. The molecule has 0 bridgehead atoms. The highest BCUT2D eigenvalue weighted by Gasteiger charge is 2.31. The van der Waals surface area contributed by atoms with Crippen LogP contribution in [-0.4, -0.2) is 19.7 Å². The fraction of sp³-hybridized carbons (Fsp3) is 0.500. The van der Waals surface area contributed by atoms with E-state index in [9.17, 15) is 13.2 Å². The van der Waals surface area contributed by atoms with Gasteiger partial charge < -0.3 is 10.1 Å². The van der Waals surface area contributed by atoms with E-state index < -0.39 is 11.7 Å². The minimum absolute atomic E-state index is 0.0800. The second kappa shape index (κ2) is 6.14. The molecule has 1 unspecified atom stereocenters. The van der Waals surface area contributed by atoms with Crippen LogP contribution >= 0.6 is 0 Å². The maximum atomic E-state index is 12.6. The summed E-state index contributed by atoms with van der Waals surface area (Å²) in [6, 6.07) is 4.74. The number of nitrogens with zero attached hydrogens (tertiary/aromatic N) is 1. The van der Waals surface area contributed by atoms with Gasteiger partial charge in [-0.05, 0) is 37.6 Å². The van der Waals surface area contributed by atoms with Gasteiger partial charge in [0.2, 0.25) is 0 Å². The van der Waals surface area contributed by atoms with Crippen LogP contribution in [0.5, 0.6) is 5.75 Å². The lowest BCUT2D eigenvalue weighted by Gasteiger charge is -2.23. The van der Waals surface area contributed by atoms with Crippen molar-refractivity contribution in [1.29, 1.82) is 5.26 Å². The Hall–Kier alpha value is -1.74. The Morgan fingerprint density at radius 1 is 1.40 bits per heavy atom. The fourth-order valence-electron chi connectivity index (χ4n) is 2.19. The lowest BCUT2D eigenvalue weighted by Crippen LogP contribution is -2.33. The molecule has 0 amide bonds. The second-order valence-corrected chi connectivity index (χ2v) is 4.84. The first-order valence-corrected chi connectivity index (χ1v) is 6.45. The largest absolute Gasteiger partial charge is 0.492 e. The van der Waals surface area contributed by atoms with Gasteiger partial charge in [0.05, 0.1) is 17.7 Å². The van der Waals surface area contributed by atoms with E-state index in [1.165, 1.54) is 6.07 Å². The minimum atomic E-state index is -4.45. The van der Waals surface area contributed by atoms with Gasteiger partial charge in [0.25, 0.3) is 0 Å². The van der Waals surface area contributed by atoms with Crippen LogP contribution in [0.1, 0.15) is 24.0 Å². The van der Waals surface area contributed by atoms with Crippen molar-refractivity contribution >= 4 is 0 Å². The summed E-state index contributed by atoms with van der Waals surface area (Å²) in [5, 5.41) is 12.2. The number of benzene rings is 1. The van der Waals surface area contributed by atoms with Crippen molar-refractivity contribution in [2.45, 2.75) is 19.0 Å². The molecule has 1 N–H and O–H groups in total. The van der Waals surface area contributed by atoms with Gasteiger partial charge in [-0.2, -0.15) is 18.4 Å². The van der Waals surface area contributed by atoms with E-state index in [2.05, 4.69) is 5.32 Å². The molecule has 1 aromatic carbocycles. The van der Waals surface area contributed by atoms with Crippen LogP contribution in [0.15, 0.2) is 18.2 Å². The first kappa shape index (κ1) is 14.7. The third-order valence-corrected chi connectivity index (χ3v) is 3.30. The van der Waals surface area contributed by atoms with E-state index in [4.69, 9.17) is 10.00 Å². The highest BCUT2D eigenvalue weighted by atomic mass is 19.4. The average Bonchev–Trinajstić information content (AvgIpc) is 2.45. The van der Waals surface area contributed by atoms with E-state index in [0.717, 1.165) is 38.1 Å². The van der Waals surface area contributed by atoms with Gasteiger partial charge in [-0.3, -0.25) is 0 Å². The van der Waals surface area contributed by atoms with E-state index in [0.29, 0.717) is 12.5 Å². The van der Waals surface area contributed by atoms with Crippen molar-refractivity contribution in [3.63, 3.8) is 0 Å². The molecule has 20 heavy (non-hydrogen) atoms. The van der Waals surface area contributed by atoms with Crippen molar-refractivity contribution in [2.75, 3.05) is 19.7 Å². The van der Waals surface area contributed by atoms with Crippen molar-refractivity contribution in [1.82, 2.24) is 5.32 Å². The topological polar surface area (TPSA) is 45.0 Å². The molecule has 1 aromatic rings. The lowest BCUT2D eigenvalue weighted by atomic mass is 10.0. The van der Waals surface area contributed by atoms with Crippen LogP contribution in [0, 0.1) is 17.2 Å². The van der Waals surface area contributed by atoms with Crippen LogP contribution in [0.25, 0.3) is 0 Å². The minimum Gasteiger partial charge on any atom is -0.492 e. The van der Waals surface area contributed by atoms with Gasteiger partial charge in [0, 0.05) is 12.5 Å². The monoisotopic (exact) mass is 284 g/mol. The Balaban J connectivity index is 2.06. The predicted molar refractivity (Wildman–Crippen MR) is 67.2 cm³/mol. The molecule has 2 rings (SSSR count). The summed E-state index contributed by atoms with van der Waals surface area (Å²) in [5.41, 5.74) is -0.913. The summed E-state index contributed by atoms with van der Waals surface area (Å²) in [6.07, 6.45) is -2.36. The Morgan fingerprint density at radius 3 is 2.80 bits per heavy atom. The molecule has 0 aliphatic carbocycles. The first-order chi connectivity index (χ1) is 9.50. The molecule has 1 fully saturated rings. The van der Waals surface area contributed by atoms with Crippen molar-refractivity contribution in [3.8, 4) is 11.8 Å². The number of ether oxygens (including phenoxy) is 1. The van der Waals surface area contributed by atoms with Crippen molar-refractivity contribution in [2.24, 2.45) is 5.92 Å². The highest BCUT2D eigenvalue weighted by molar-refractivity contribution is 5.46. The number of nitrogens with one attached hydrogen (secondary N) is 1. The molecule has 0 saturated carbocycles. The maximum Gasteiger partial charge on any atom is 0.416 e. The number of halogens is 3. The quantitative estimate of drug-likeness (QED) is 0.928. The van der Waals surface area contributed by atoms with Crippen LogP contribution in [0.2, 0.25) is 0 Å². The Kier molecular flexibility index (Phi) is 4.50. The zero-order chi connectivity index (χ0) is 14.6. The van der Waals surface area contributed by atoms with Crippen LogP contribution in [0.3, 0.4) is 0 Å². The molecule has 1 saturated heterocycles. The predicted octanol–water partition coefficient (Wildman–Crippen LogP) is 2.96. The molecular weight excluding hydrogens is 269 g/mol. The van der Waals surface area contributed by atoms with Gasteiger partial charge in [0.1, 0.15) is 11.8 Å². The van der Waals surface area contributed by atoms with E-state index in [1.807, 2.05) is 0 Å². The Labute approximate surface area is 115 Å². The Bertz CT molecular complexity index is 502. The number of rotatable bonds is 3. The van der Waals surface area contributed by atoms with Gasteiger partial charge in [-0.1, -0.05) is 0 Å². The number of hydrogen-bond donors (Lipinski definition) is 1. The Morgan fingerprint density at radius 2 is 2.20 bits per heavy atom. The van der Waals surface area contributed by atoms with Crippen LogP contribution in [0.4, 0.5) is 13.2 Å². The smallest absolute Gasteiger partial charge is 0.416 e. The fourth-order valence-corrected chi connectivity index (χ4v) is 2.19. The molecule has 1 aliphatic rings. The zero-order valence-electron chi connectivity index (χ0n) is 10.8. The summed E-state index contributed by atoms with van der Waals surface area (Å²) in [4.78, 5) is 0. The molecule has 0 spiro atoms. The normalized spacial score (nSPS) is 19.4. The second-order valence-electron chi connectivity index (χ2n) is 4.84. The number of piperidine rings is 1. The molecular formula is C14H15F3N2O. The van der Waals surface area contributed by atoms with Gasteiger partial charge >= 0.3 is 6.18 Å².